The number of benzene rings is 1. The molecule has 7 heteroatoms. The minimum atomic E-state index is -0.485. The number of carbonyl (C=O) groups is 1. The van der Waals surface area contributed by atoms with Crippen molar-refractivity contribution >= 4 is 11.7 Å². The third kappa shape index (κ3) is 3.21. The van der Waals surface area contributed by atoms with Crippen molar-refractivity contribution in [2.24, 2.45) is 0 Å². The first-order valence-corrected chi connectivity index (χ1v) is 7.38. The van der Waals surface area contributed by atoms with Crippen molar-refractivity contribution < 1.29 is 18.7 Å². The Kier molecular flexibility index (Phi) is 4.43. The summed E-state index contributed by atoms with van der Waals surface area (Å²) < 4.78 is 20.0. The Labute approximate surface area is 137 Å². The average Bonchev–Trinajstić information content (AvgIpc) is 3.14. The summed E-state index contributed by atoms with van der Waals surface area (Å²) in [7, 11) is 0. The van der Waals surface area contributed by atoms with Crippen molar-refractivity contribution in [2.75, 3.05) is 11.9 Å². The molecule has 0 spiro atoms. The van der Waals surface area contributed by atoms with E-state index in [0.717, 1.165) is 11.6 Å². The highest BCUT2D eigenvalue weighted by Gasteiger charge is 2.15. The van der Waals surface area contributed by atoms with Gasteiger partial charge in [-0.3, -0.25) is 4.79 Å². The summed E-state index contributed by atoms with van der Waals surface area (Å²) in [6.45, 7) is 1.90. The van der Waals surface area contributed by atoms with Crippen LogP contribution in [0.3, 0.4) is 0 Å². The minimum Gasteiger partial charge on any atom is -0.469 e. The molecule has 2 aromatic heterocycles. The quantitative estimate of drug-likeness (QED) is 0.754. The predicted octanol–water partition coefficient (Wildman–Crippen LogP) is 2.84. The normalized spacial score (nSPS) is 10.8. The maximum absolute atomic E-state index is 13.3. The predicted molar refractivity (Wildman–Crippen MR) is 86.1 cm³/mol. The van der Waals surface area contributed by atoms with Crippen LogP contribution in [0.25, 0.3) is 11.3 Å². The number of hydrogen-bond donors (Lipinski definition) is 2. The van der Waals surface area contributed by atoms with Gasteiger partial charge in [0.05, 0.1) is 25.1 Å². The maximum atomic E-state index is 13.3. The molecule has 0 fully saturated rings. The molecule has 3 rings (SSSR count). The van der Waals surface area contributed by atoms with Crippen LogP contribution in [0.5, 0.6) is 0 Å². The molecular formula is C17H16FN3O3. The Morgan fingerprint density at radius 1 is 1.38 bits per heavy atom. The Hall–Kier alpha value is -2.93. The molecule has 124 valence electrons. The van der Waals surface area contributed by atoms with E-state index >= 15 is 0 Å². The van der Waals surface area contributed by atoms with E-state index in [4.69, 9.17) is 4.42 Å². The number of aryl methyl sites for hydroxylation is 1. The van der Waals surface area contributed by atoms with Crippen LogP contribution >= 0.6 is 0 Å². The van der Waals surface area contributed by atoms with Gasteiger partial charge in [0.15, 0.2) is 0 Å². The number of aliphatic hydroxyl groups excluding tert-OH is 1. The number of aromatic nitrogens is 2. The fourth-order valence-electron chi connectivity index (χ4n) is 2.38. The van der Waals surface area contributed by atoms with E-state index in [9.17, 15) is 14.3 Å². The van der Waals surface area contributed by atoms with Gasteiger partial charge in [0.1, 0.15) is 17.4 Å². The van der Waals surface area contributed by atoms with Crippen LogP contribution in [0, 0.1) is 12.7 Å². The van der Waals surface area contributed by atoms with Gasteiger partial charge in [0.2, 0.25) is 0 Å². The zero-order valence-corrected chi connectivity index (χ0v) is 13.0. The number of halogens is 1. The molecule has 0 unspecified atom stereocenters. The molecule has 2 N–H and O–H groups in total. The molecule has 24 heavy (non-hydrogen) atoms. The first-order chi connectivity index (χ1) is 11.6. The molecule has 0 aliphatic rings. The number of amides is 1. The fourth-order valence-corrected chi connectivity index (χ4v) is 2.38. The zero-order chi connectivity index (χ0) is 17.1. The van der Waals surface area contributed by atoms with E-state index in [0.29, 0.717) is 17.3 Å². The molecule has 0 saturated heterocycles. The minimum absolute atomic E-state index is 0.131. The average molecular weight is 329 g/mol. The van der Waals surface area contributed by atoms with Crippen LogP contribution in [-0.2, 0) is 6.54 Å². The van der Waals surface area contributed by atoms with Crippen LogP contribution in [0.1, 0.15) is 16.1 Å². The number of nitrogens with one attached hydrogen (secondary N) is 1. The van der Waals surface area contributed by atoms with Crippen LogP contribution in [0.15, 0.2) is 47.1 Å². The highest BCUT2D eigenvalue weighted by atomic mass is 19.1. The van der Waals surface area contributed by atoms with Crippen molar-refractivity contribution in [1.82, 2.24) is 9.78 Å². The van der Waals surface area contributed by atoms with E-state index < -0.39 is 11.7 Å². The van der Waals surface area contributed by atoms with Gasteiger partial charge in [-0.2, -0.15) is 5.10 Å². The number of anilines is 1. The number of rotatable bonds is 5. The van der Waals surface area contributed by atoms with Gasteiger partial charge >= 0.3 is 0 Å². The summed E-state index contributed by atoms with van der Waals surface area (Å²) in [5.41, 5.74) is 1.62. The van der Waals surface area contributed by atoms with Gasteiger partial charge < -0.3 is 14.8 Å². The van der Waals surface area contributed by atoms with Gasteiger partial charge in [-0.05, 0) is 31.2 Å². The first-order valence-electron chi connectivity index (χ1n) is 7.38. The van der Waals surface area contributed by atoms with Crippen LogP contribution in [-0.4, -0.2) is 27.4 Å². The van der Waals surface area contributed by atoms with Gasteiger partial charge in [-0.15, -0.1) is 0 Å². The number of furan rings is 1. The summed E-state index contributed by atoms with van der Waals surface area (Å²) in [6, 6.07) is 8.88. The molecule has 0 aliphatic heterocycles. The molecule has 1 aromatic carbocycles. The van der Waals surface area contributed by atoms with Crippen LogP contribution in [0.2, 0.25) is 0 Å². The van der Waals surface area contributed by atoms with Gasteiger partial charge in [0, 0.05) is 17.2 Å². The zero-order valence-electron chi connectivity index (χ0n) is 13.0. The molecule has 0 atom stereocenters. The summed E-state index contributed by atoms with van der Waals surface area (Å²) >= 11 is 0. The summed E-state index contributed by atoms with van der Waals surface area (Å²) in [4.78, 5) is 12.3. The molecule has 0 aliphatic carbocycles. The second kappa shape index (κ2) is 6.67. The van der Waals surface area contributed by atoms with Gasteiger partial charge in [-0.1, -0.05) is 6.07 Å². The third-order valence-corrected chi connectivity index (χ3v) is 3.55. The largest absolute Gasteiger partial charge is 0.469 e. The lowest BCUT2D eigenvalue weighted by molar-refractivity contribution is 0.102. The van der Waals surface area contributed by atoms with E-state index in [-0.39, 0.29) is 18.7 Å². The van der Waals surface area contributed by atoms with E-state index in [1.54, 1.807) is 18.4 Å². The van der Waals surface area contributed by atoms with Crippen molar-refractivity contribution in [3.05, 3.63) is 59.8 Å². The van der Waals surface area contributed by atoms with Gasteiger partial charge in [0.25, 0.3) is 5.91 Å². The first kappa shape index (κ1) is 15.9. The molecule has 1 amide bonds. The summed E-state index contributed by atoms with van der Waals surface area (Å²) in [5, 5.41) is 16.3. The topological polar surface area (TPSA) is 80.3 Å². The molecule has 6 nitrogen and oxygen atoms in total. The second-order valence-corrected chi connectivity index (χ2v) is 5.22. The third-order valence-electron chi connectivity index (χ3n) is 3.55. The van der Waals surface area contributed by atoms with Crippen molar-refractivity contribution in [2.45, 2.75) is 13.5 Å². The monoisotopic (exact) mass is 329 g/mol. The number of nitrogens with zero attached hydrogens (tertiary/aromatic N) is 2. The highest BCUT2D eigenvalue weighted by molar-refractivity contribution is 6.04. The fraction of sp³-hybridized carbons (Fsp3) is 0.176. The van der Waals surface area contributed by atoms with E-state index in [1.165, 1.54) is 22.9 Å². The maximum Gasteiger partial charge on any atom is 0.256 e. The molecular weight excluding hydrogens is 313 g/mol. The standard InChI is InChI=1S/C17H16FN3O3/c1-11-14(5-8-24-11)15-10-16(21(20-15)6-7-22)19-17(23)12-3-2-4-13(18)9-12/h2-5,8-10,22H,6-7H2,1H3,(H,19,23). The van der Waals surface area contributed by atoms with Crippen LogP contribution < -0.4 is 5.32 Å². The highest BCUT2D eigenvalue weighted by Crippen LogP contribution is 2.26. The summed E-state index contributed by atoms with van der Waals surface area (Å²) in [5.74, 6) is 0.172. The van der Waals surface area contributed by atoms with Gasteiger partial charge in [-0.25, -0.2) is 9.07 Å². The Morgan fingerprint density at radius 3 is 2.88 bits per heavy atom. The smallest absolute Gasteiger partial charge is 0.256 e. The lowest BCUT2D eigenvalue weighted by Gasteiger charge is -2.07. The number of hydrogen-bond acceptors (Lipinski definition) is 4. The molecule has 3 aromatic rings. The van der Waals surface area contributed by atoms with Crippen molar-refractivity contribution in [3.63, 3.8) is 0 Å². The molecule has 0 saturated carbocycles. The number of carbonyl (C=O) groups excluding carboxylic acids is 1. The van der Waals surface area contributed by atoms with Crippen molar-refractivity contribution in [3.8, 4) is 11.3 Å². The second-order valence-electron chi connectivity index (χ2n) is 5.22. The number of aliphatic hydroxyl groups is 1. The van der Waals surface area contributed by atoms with Crippen molar-refractivity contribution in [1.29, 1.82) is 0 Å². The Bertz CT molecular complexity index is 870. The SMILES string of the molecule is Cc1occc1-c1cc(NC(=O)c2cccc(F)c2)n(CCO)n1. The summed E-state index contributed by atoms with van der Waals surface area (Å²) in [6.07, 6.45) is 1.56. The Balaban J connectivity index is 1.90. The Morgan fingerprint density at radius 2 is 2.21 bits per heavy atom. The van der Waals surface area contributed by atoms with E-state index in [2.05, 4.69) is 10.4 Å². The molecule has 0 bridgehead atoms. The lowest BCUT2D eigenvalue weighted by Crippen LogP contribution is -2.16. The molecule has 2 heterocycles. The molecule has 0 radical (unpaired) electrons. The lowest BCUT2D eigenvalue weighted by atomic mass is 10.2. The van der Waals surface area contributed by atoms with Crippen LogP contribution in [0.4, 0.5) is 10.2 Å². The van der Waals surface area contributed by atoms with E-state index in [1.807, 2.05) is 6.92 Å².